The van der Waals surface area contributed by atoms with Crippen molar-refractivity contribution in [1.29, 1.82) is 0 Å². The fourth-order valence-corrected chi connectivity index (χ4v) is 9.54. The van der Waals surface area contributed by atoms with E-state index in [0.717, 1.165) is 68.6 Å². The minimum atomic E-state index is -1.42. The lowest BCUT2D eigenvalue weighted by Gasteiger charge is -2.41. The van der Waals surface area contributed by atoms with Crippen LogP contribution in [0.3, 0.4) is 0 Å². The third-order valence-electron chi connectivity index (χ3n) is 11.3. The highest BCUT2D eigenvalue weighted by atomic mass is 35.5. The highest BCUT2D eigenvalue weighted by Gasteiger charge is 2.40. The number of nitrogens with zero attached hydrogens (tertiary/aromatic N) is 8. The van der Waals surface area contributed by atoms with E-state index >= 15 is 0 Å². The second-order valence-electron chi connectivity index (χ2n) is 15.6. The van der Waals surface area contributed by atoms with Crippen molar-refractivity contribution in [3.05, 3.63) is 118 Å². The number of piperidine rings is 2. The molecule has 62 heavy (non-hydrogen) atoms. The van der Waals surface area contributed by atoms with Crippen molar-refractivity contribution >= 4 is 75.0 Å². The molecule has 4 aliphatic heterocycles. The van der Waals surface area contributed by atoms with Gasteiger partial charge < -0.3 is 21.1 Å². The molecule has 4 aliphatic rings. The minimum Gasteiger partial charge on any atom is -0.394 e. The van der Waals surface area contributed by atoms with E-state index in [-0.39, 0.29) is 42.0 Å². The lowest BCUT2D eigenvalue weighted by molar-refractivity contribution is 0.244. The predicted molar refractivity (Wildman–Crippen MR) is 244 cm³/mol. The predicted octanol–water partition coefficient (Wildman–Crippen LogP) is 6.76. The van der Waals surface area contributed by atoms with Gasteiger partial charge in [0.25, 0.3) is 0 Å². The zero-order chi connectivity index (χ0) is 43.2. The number of hydrogen-bond donors (Lipinski definition) is 4. The van der Waals surface area contributed by atoms with E-state index in [4.69, 9.17) is 23.2 Å². The van der Waals surface area contributed by atoms with Crippen LogP contribution >= 0.6 is 23.2 Å². The quantitative estimate of drug-likeness (QED) is 0.109. The van der Waals surface area contributed by atoms with E-state index in [1.807, 2.05) is 73.7 Å². The second-order valence-corrected chi connectivity index (χ2v) is 17.7. The molecule has 0 spiro atoms. The average molecular weight is 899 g/mol. The van der Waals surface area contributed by atoms with Crippen molar-refractivity contribution < 1.29 is 18.9 Å². The smallest absolute Gasteiger partial charge is 0.330 e. The fourth-order valence-electron chi connectivity index (χ4n) is 8.08. The first kappa shape index (κ1) is 43.4. The van der Waals surface area contributed by atoms with Gasteiger partial charge in [-0.2, -0.15) is 4.98 Å². The summed E-state index contributed by atoms with van der Waals surface area (Å²) in [5, 5.41) is 20.4. The summed E-state index contributed by atoms with van der Waals surface area (Å²) in [7, 11) is -1.42. The number of fused-ring (bicyclic) bond motifs is 2. The van der Waals surface area contributed by atoms with Gasteiger partial charge in [0.15, 0.2) is 0 Å². The van der Waals surface area contributed by atoms with Gasteiger partial charge in [-0.3, -0.25) is 23.8 Å². The molecule has 1 unspecified atom stereocenters. The lowest BCUT2D eigenvalue weighted by atomic mass is 10.0. The maximum absolute atomic E-state index is 13.7. The van der Waals surface area contributed by atoms with E-state index in [9.17, 15) is 18.9 Å². The van der Waals surface area contributed by atoms with Crippen molar-refractivity contribution in [2.75, 3.05) is 57.7 Å². The maximum Gasteiger partial charge on any atom is 0.330 e. The molecule has 9 rings (SSSR count). The molecule has 2 fully saturated rings. The molecule has 15 nitrogen and oxygen atoms in total. The van der Waals surface area contributed by atoms with Crippen LogP contribution in [0.4, 0.5) is 38.5 Å². The summed E-state index contributed by atoms with van der Waals surface area (Å²) in [6.07, 6.45) is 6.77. The highest BCUT2D eigenvalue weighted by molar-refractivity contribution is 7.84. The number of aliphatic hydroxyl groups is 1. The van der Waals surface area contributed by atoms with Crippen LogP contribution in [0.2, 0.25) is 10.0 Å². The Hall–Kier alpha value is -5.23. The Morgan fingerprint density at radius 2 is 1.21 bits per heavy atom. The van der Waals surface area contributed by atoms with Crippen LogP contribution < -0.4 is 35.6 Å². The number of nitrogens with one attached hydrogen (secondary N) is 3. The molecule has 2 atom stereocenters. The molecule has 2 aromatic heterocycles. The number of amides is 4. The number of aromatic nitrogens is 4. The first-order chi connectivity index (χ1) is 30.2. The molecule has 3 aromatic carbocycles. The number of benzene rings is 3. The normalized spacial score (nSPS) is 18.1. The number of anilines is 5. The van der Waals surface area contributed by atoms with E-state index < -0.39 is 10.8 Å². The van der Waals surface area contributed by atoms with Gasteiger partial charge >= 0.3 is 12.1 Å². The Morgan fingerprint density at radius 3 is 1.73 bits per heavy atom. The summed E-state index contributed by atoms with van der Waals surface area (Å²) < 4.78 is 13.0. The number of halogens is 2. The summed E-state index contributed by atoms with van der Waals surface area (Å²) in [5.74, 6) is 1.92. The number of carbonyl (C=O) groups is 2. The first-order valence-electron chi connectivity index (χ1n) is 20.8. The van der Waals surface area contributed by atoms with Crippen LogP contribution in [0, 0.1) is 0 Å². The monoisotopic (exact) mass is 897 g/mol. The maximum atomic E-state index is 13.7. The third-order valence-corrected chi connectivity index (χ3v) is 13.1. The van der Waals surface area contributed by atoms with Gasteiger partial charge in [-0.1, -0.05) is 77.8 Å². The molecule has 4 amide bonds. The zero-order valence-corrected chi connectivity index (χ0v) is 36.6. The second kappa shape index (κ2) is 19.9. The van der Waals surface area contributed by atoms with E-state index in [1.165, 1.54) is 0 Å². The van der Waals surface area contributed by atoms with Gasteiger partial charge in [0.2, 0.25) is 11.1 Å². The molecule has 5 aromatic rings. The molecule has 0 aliphatic carbocycles. The Kier molecular flexibility index (Phi) is 13.9. The largest absolute Gasteiger partial charge is 0.394 e. The van der Waals surface area contributed by atoms with Crippen molar-refractivity contribution in [2.45, 2.75) is 74.7 Å². The van der Waals surface area contributed by atoms with Gasteiger partial charge in [0.05, 0.1) is 57.7 Å². The van der Waals surface area contributed by atoms with Crippen molar-refractivity contribution in [3.63, 3.8) is 0 Å². The molecule has 0 saturated carbocycles. The lowest BCUT2D eigenvalue weighted by Crippen LogP contribution is -2.55. The standard InChI is InChI=1S/C24H24ClN5O2S.C20H25ClN6O2/c25-20-8-4-5-9-21(20)29-15-18-14-27-23(33(32)16-17-6-2-1-3-7-17)28-22(18)30(24(29)31)19-10-12-26-13-11-19;1-13(12-28)24-19-23-10-14-11-26(17-5-3-2-4-16(17)21)20(29)27(18(14)25-19)15-6-8-22-9-7-15/h1-9,14,19,26H,10-13,15-16H2;2-5,10,13,15,22,28H,6-9,11-12H2,1H3,(H,23,24,25)/t;13-/m.0/s1. The van der Waals surface area contributed by atoms with Crippen LogP contribution in [0.25, 0.3) is 0 Å². The van der Waals surface area contributed by atoms with Gasteiger partial charge in [-0.25, -0.2) is 24.5 Å². The van der Waals surface area contributed by atoms with Gasteiger partial charge in [0.1, 0.15) is 11.6 Å². The van der Waals surface area contributed by atoms with E-state index in [2.05, 4.69) is 35.9 Å². The van der Waals surface area contributed by atoms with Crippen LogP contribution in [-0.4, -0.2) is 92.2 Å². The molecule has 6 heterocycles. The number of aliphatic hydroxyl groups excluding tert-OH is 1. The Labute approximate surface area is 373 Å². The molecule has 324 valence electrons. The summed E-state index contributed by atoms with van der Waals surface area (Å²) in [6, 6.07) is 23.9. The number of urea groups is 2. The van der Waals surface area contributed by atoms with Gasteiger partial charge in [-0.05, 0) is 88.6 Å². The number of para-hydroxylation sites is 2. The number of rotatable bonds is 10. The van der Waals surface area contributed by atoms with Crippen molar-refractivity contribution in [2.24, 2.45) is 0 Å². The highest BCUT2D eigenvalue weighted by Crippen LogP contribution is 2.38. The number of hydrogen-bond acceptors (Lipinski definition) is 11. The summed E-state index contributed by atoms with van der Waals surface area (Å²) in [5.41, 5.74) is 3.97. The molecule has 2 saturated heterocycles. The topological polar surface area (TPSA) is 172 Å². The Morgan fingerprint density at radius 1 is 0.726 bits per heavy atom. The van der Waals surface area contributed by atoms with E-state index in [0.29, 0.717) is 57.8 Å². The zero-order valence-electron chi connectivity index (χ0n) is 34.3. The summed E-state index contributed by atoms with van der Waals surface area (Å²) in [4.78, 5) is 52.4. The van der Waals surface area contributed by atoms with Crippen LogP contribution in [0.1, 0.15) is 49.3 Å². The molecular weight excluding hydrogens is 850 g/mol. The molecular formula is C44H49Cl2N11O4S. The minimum absolute atomic E-state index is 0.00639. The molecule has 18 heteroatoms. The van der Waals surface area contributed by atoms with Gasteiger partial charge in [-0.15, -0.1) is 0 Å². The van der Waals surface area contributed by atoms with Crippen LogP contribution in [0.5, 0.6) is 0 Å². The Bertz CT molecular complexity index is 2400. The third kappa shape index (κ3) is 9.55. The molecule has 0 radical (unpaired) electrons. The summed E-state index contributed by atoms with van der Waals surface area (Å²) in [6.45, 7) is 5.85. The Balaban J connectivity index is 0.000000172. The summed E-state index contributed by atoms with van der Waals surface area (Å²) >= 11 is 12.8. The van der Waals surface area contributed by atoms with Crippen molar-refractivity contribution in [1.82, 2.24) is 30.6 Å². The van der Waals surface area contributed by atoms with Crippen LogP contribution in [0.15, 0.2) is 96.4 Å². The molecule has 0 bridgehead atoms. The SMILES string of the molecule is C[C@@H](CO)Nc1ncc2c(n1)N(C1CCNCC1)C(=O)N(c1ccccc1Cl)C2.O=C1N(c2ccccc2Cl)Cc2cnc(S(=O)Cc3ccccc3)nc2N1C1CCNCC1. The molecule has 4 N–H and O–H groups in total. The van der Waals surface area contributed by atoms with E-state index in [1.54, 1.807) is 44.1 Å². The first-order valence-corrected chi connectivity index (χ1v) is 22.9. The van der Waals surface area contributed by atoms with Crippen molar-refractivity contribution in [3.8, 4) is 0 Å². The average Bonchev–Trinajstić information content (AvgIpc) is 3.30. The van der Waals surface area contributed by atoms with Crippen LogP contribution in [-0.2, 0) is 29.6 Å². The fraction of sp³-hybridized carbons (Fsp3) is 0.364. The van der Waals surface area contributed by atoms with Gasteiger partial charge in [0, 0.05) is 41.6 Å². The number of carbonyl (C=O) groups excluding carboxylic acids is 2.